The number of carbonyl (C=O) groups is 2. The molecule has 103 heavy (non-hydrogen) atoms. The second-order valence-corrected chi connectivity index (χ2v) is 26.6. The maximum Gasteiger partial charge on any atom is 0.217 e. The summed E-state index contributed by atoms with van der Waals surface area (Å²) in [5, 5.41) is 269. The molecule has 2 amide bonds. The van der Waals surface area contributed by atoms with Gasteiger partial charge in [-0.3, -0.25) is 9.59 Å². The summed E-state index contributed by atoms with van der Waals surface area (Å²) in [5.74, 6) is -1.95. The zero-order valence-electron chi connectivity index (χ0n) is 55.7. The Balaban J connectivity index is 1.08. The molecular weight excluding hydrogens is 1410 g/mol. The van der Waals surface area contributed by atoms with Gasteiger partial charge >= 0.3 is 0 Å². The lowest BCUT2D eigenvalue weighted by Gasteiger charge is -2.52. The molecule has 0 saturated carbocycles. The van der Waals surface area contributed by atoms with Gasteiger partial charge in [0.05, 0.1) is 58.0 Å². The molecule has 26 N–H and O–H groups in total. The predicted molar refractivity (Wildman–Crippen MR) is 316 cm³/mol. The number of aliphatic hydroxyl groups excluding tert-OH is 24. The van der Waals surface area contributed by atoms with Gasteiger partial charge in [0.25, 0.3) is 0 Å². The first-order valence-corrected chi connectivity index (χ1v) is 33.2. The molecule has 9 heterocycles. The van der Waals surface area contributed by atoms with Crippen LogP contribution < -0.4 is 10.6 Å². The maximum atomic E-state index is 13.5. The highest BCUT2D eigenvalue weighted by Gasteiger charge is 2.61. The normalized spacial score (nSPS) is 52.3. The summed E-state index contributed by atoms with van der Waals surface area (Å²) >= 11 is 0. The molecule has 0 bridgehead atoms. The molecule has 0 aromatic heterocycles. The van der Waals surface area contributed by atoms with Crippen molar-refractivity contribution < 1.29 is 213 Å². The number of aliphatic hydroxyl groups is 24. The van der Waals surface area contributed by atoms with E-state index in [1.54, 1.807) is 0 Å². The Morgan fingerprint density at radius 2 is 0.583 bits per heavy atom. The van der Waals surface area contributed by atoms with Gasteiger partial charge in [-0.15, -0.1) is 0 Å². The third-order valence-electron chi connectivity index (χ3n) is 19.4. The van der Waals surface area contributed by atoms with Crippen molar-refractivity contribution in [1.29, 1.82) is 0 Å². The smallest absolute Gasteiger partial charge is 0.217 e. The van der Waals surface area contributed by atoms with Crippen LogP contribution in [0.4, 0.5) is 0 Å². The molecule has 0 aromatic rings. The van der Waals surface area contributed by atoms with Crippen LogP contribution in [-0.4, -0.2) is 450 Å². The molecule has 9 aliphatic rings. The number of rotatable bonds is 24. The van der Waals surface area contributed by atoms with E-state index in [9.17, 15) is 132 Å². The first kappa shape index (κ1) is 84.3. The predicted octanol–water partition coefficient (Wildman–Crippen LogP) is -17.3. The highest BCUT2D eigenvalue weighted by atomic mass is 16.8. The summed E-state index contributed by atoms with van der Waals surface area (Å²) in [7, 11) is 0. The summed E-state index contributed by atoms with van der Waals surface area (Å²) in [4.78, 5) is 26.9. The van der Waals surface area contributed by atoms with E-state index in [2.05, 4.69) is 10.6 Å². The Kier molecular flexibility index (Phi) is 29.5. The molecule has 9 rings (SSSR count). The average Bonchev–Trinajstić information content (AvgIpc) is 0.764. The van der Waals surface area contributed by atoms with E-state index in [1.165, 1.54) is 20.8 Å². The van der Waals surface area contributed by atoms with E-state index >= 15 is 0 Å². The lowest BCUT2D eigenvalue weighted by Crippen LogP contribution is -2.71. The van der Waals surface area contributed by atoms with Gasteiger partial charge in [0.1, 0.15) is 201 Å². The Morgan fingerprint density at radius 3 is 1.03 bits per heavy atom. The molecular formula is C58H98N2O43. The second-order valence-electron chi connectivity index (χ2n) is 26.6. The van der Waals surface area contributed by atoms with Gasteiger partial charge in [0.2, 0.25) is 11.8 Å². The number of ether oxygens (including phenoxy) is 17. The minimum Gasteiger partial charge on any atom is -0.394 e. The lowest BCUT2D eigenvalue weighted by atomic mass is 9.93. The average molecular weight is 1510 g/mol. The molecule has 0 aliphatic carbocycles. The highest BCUT2D eigenvalue weighted by Crippen LogP contribution is 2.40. The minimum absolute atomic E-state index is 0.932. The number of nitrogens with one attached hydrogen (secondary N) is 2. The summed E-state index contributed by atoms with van der Waals surface area (Å²) in [6.45, 7) is -0.971. The van der Waals surface area contributed by atoms with Crippen molar-refractivity contribution in [2.45, 2.75) is 311 Å². The summed E-state index contributed by atoms with van der Waals surface area (Å²) < 4.78 is 102. The van der Waals surface area contributed by atoms with Gasteiger partial charge in [0.15, 0.2) is 56.6 Å². The fraction of sp³-hybridized carbons (Fsp3) is 0.966. The molecule has 0 spiro atoms. The van der Waals surface area contributed by atoms with Gasteiger partial charge in [-0.25, -0.2) is 0 Å². The minimum atomic E-state index is -2.46. The fourth-order valence-corrected chi connectivity index (χ4v) is 13.5. The molecule has 598 valence electrons. The van der Waals surface area contributed by atoms with Crippen molar-refractivity contribution in [3.63, 3.8) is 0 Å². The molecule has 9 saturated heterocycles. The topological polar surface area (TPSA) is 701 Å². The first-order chi connectivity index (χ1) is 48.6. The lowest BCUT2D eigenvalue weighted by molar-refractivity contribution is -0.398. The van der Waals surface area contributed by atoms with Crippen LogP contribution in [0.15, 0.2) is 0 Å². The van der Waals surface area contributed by atoms with Crippen molar-refractivity contribution in [2.75, 3.05) is 39.6 Å². The van der Waals surface area contributed by atoms with Crippen LogP contribution in [0.5, 0.6) is 0 Å². The number of carbonyl (C=O) groups excluding carboxylic acids is 2. The van der Waals surface area contributed by atoms with E-state index < -0.39 is 328 Å². The van der Waals surface area contributed by atoms with Gasteiger partial charge in [-0.2, -0.15) is 0 Å². The quantitative estimate of drug-likeness (QED) is 0.0427. The Morgan fingerprint density at radius 1 is 0.272 bits per heavy atom. The van der Waals surface area contributed by atoms with E-state index in [0.717, 1.165) is 13.8 Å². The third kappa shape index (κ3) is 18.0. The van der Waals surface area contributed by atoms with Crippen LogP contribution in [0.25, 0.3) is 0 Å². The Bertz CT molecular complexity index is 2660. The van der Waals surface area contributed by atoms with E-state index in [0.29, 0.717) is 0 Å². The van der Waals surface area contributed by atoms with E-state index in [4.69, 9.17) is 80.5 Å². The highest BCUT2D eigenvalue weighted by molar-refractivity contribution is 5.73. The molecule has 1 unspecified atom stereocenters. The largest absolute Gasteiger partial charge is 0.394 e. The zero-order chi connectivity index (χ0) is 75.8. The van der Waals surface area contributed by atoms with Crippen LogP contribution >= 0.6 is 0 Å². The molecule has 45 heteroatoms. The maximum absolute atomic E-state index is 13.5. The third-order valence-corrected chi connectivity index (χ3v) is 19.4. The van der Waals surface area contributed by atoms with Crippen molar-refractivity contribution >= 4 is 11.8 Å². The molecule has 45 atom stereocenters. The van der Waals surface area contributed by atoms with Gasteiger partial charge in [0, 0.05) is 13.8 Å². The summed E-state index contributed by atoms with van der Waals surface area (Å²) in [6.07, 6.45) is -86.0. The van der Waals surface area contributed by atoms with Crippen LogP contribution in [0.3, 0.4) is 0 Å². The molecule has 0 radical (unpaired) electrons. The number of hydrogen-bond donors (Lipinski definition) is 26. The molecule has 45 nitrogen and oxygen atoms in total. The van der Waals surface area contributed by atoms with Crippen LogP contribution in [0, 0.1) is 0 Å². The Hall–Kier alpha value is -2.70. The molecule has 9 fully saturated rings. The first-order valence-electron chi connectivity index (χ1n) is 33.2. The monoisotopic (exact) mass is 1510 g/mol. The van der Waals surface area contributed by atoms with Gasteiger partial charge < -0.3 is 214 Å². The Labute approximate surface area is 584 Å². The van der Waals surface area contributed by atoms with Crippen molar-refractivity contribution in [1.82, 2.24) is 10.6 Å². The van der Waals surface area contributed by atoms with Gasteiger partial charge in [-0.1, -0.05) is 0 Å². The molecule has 0 aromatic carbocycles. The summed E-state index contributed by atoms with van der Waals surface area (Å²) in [6, 6.07) is -3.95. The van der Waals surface area contributed by atoms with Crippen molar-refractivity contribution in [2.24, 2.45) is 0 Å². The number of hydrogen-bond acceptors (Lipinski definition) is 43. The summed E-state index contributed by atoms with van der Waals surface area (Å²) in [5.41, 5.74) is 0. The van der Waals surface area contributed by atoms with Crippen LogP contribution in [0.1, 0.15) is 34.6 Å². The fourth-order valence-electron chi connectivity index (χ4n) is 13.5. The zero-order valence-corrected chi connectivity index (χ0v) is 55.7. The van der Waals surface area contributed by atoms with Gasteiger partial charge in [-0.05, 0) is 20.8 Å². The second kappa shape index (κ2) is 36.0. The van der Waals surface area contributed by atoms with Crippen LogP contribution in [-0.2, 0) is 90.1 Å². The SMILES string of the molecule is CC(=O)N[C@H]1[C@H](O[C@H]2[C@@H](O)[C@@H](CO[C@@H]3O[C@H](CO)[C@@H](O[C@@H]4O[C@H](CO)[C@H](O)[C@H](O)[C@H]4O[C@@H]4O[C@@H](C)[C@@H](O)[C@@H](O)[C@@H]4O)[C@H](O[C@@H]4O[C@@H](C)[C@@H](O)[C@@H](O)[C@@H]4O)[C@H]3NC(C)=O)O[C@@H](O[C@H]3[C@H](O)[C@@H](O)C(O)O[C@@H]3CO)[C@@H]2O)O[C@H](CO)[C@@H](O[C@@H]2O[C@@H](C)[C@@H](O)[C@@H](O)[C@@H]2O)[C@@H]1O[C@@H]1O[C@H](CO)[C@H](O)[C@H](O)[C@H]1O. The van der Waals surface area contributed by atoms with E-state index in [1.807, 2.05) is 0 Å². The van der Waals surface area contributed by atoms with E-state index in [-0.39, 0.29) is 0 Å². The molecule has 9 aliphatic heterocycles. The van der Waals surface area contributed by atoms with Crippen molar-refractivity contribution in [3.8, 4) is 0 Å². The number of amides is 2. The van der Waals surface area contributed by atoms with Crippen LogP contribution in [0.2, 0.25) is 0 Å². The standard InChI is InChI=1S/C58H98N2O43/c1-12-25(68)31(74)38(81)53(88-12)98-44-21(10-65)95-52(24(60-16(5)67)47(44)101-56-41(84)34(77)28(71)17(6-61)92-56)102-48-30(73)22(96-57(42(48)85)97-43-19(8-63)91-50(86)37(80)36(43)79)11-87-51-23(59-15(4)66)46(100-54-39(82)32(75)26(69)13(2)89-54)45(20(9-64)94-51)99-58-49(35(78)29(72)18(7-62)93-58)103-55-40(83)33(76)27(70)14(3)90-55/h12-14,17-58,61-65,68-86H,6-11H2,1-5H3,(H,59,66)(H,60,67)/t12-,13-,14-,17+,18+,19+,20+,21+,22+,23+,24+,25+,26+,27+,28-,29-,30-,31+,32+,33+,34-,35-,36+,37+,38-,39-,40-,41+,42+,43+,44+,45+,46+,47+,48-,49+,50?,51+,52-,53-,54-,55-,56-,57-,58-/m0/s1. The van der Waals surface area contributed by atoms with Crippen molar-refractivity contribution in [3.05, 3.63) is 0 Å².